The smallest absolute Gasteiger partial charge is 0.252 e. The fraction of sp³-hybridized carbons (Fsp3) is 0.435. The van der Waals surface area contributed by atoms with E-state index in [1.807, 2.05) is 50.2 Å². The molecule has 3 atom stereocenters. The third kappa shape index (κ3) is 4.32. The van der Waals surface area contributed by atoms with Gasteiger partial charge in [0, 0.05) is 5.56 Å². The molecular formula is C23H28N2O4. The number of hydrogen-bond donors (Lipinski definition) is 2. The molecule has 2 aromatic rings. The molecule has 0 radical (unpaired) electrons. The van der Waals surface area contributed by atoms with Crippen LogP contribution in [0.3, 0.4) is 0 Å². The molecule has 0 spiro atoms. The number of rotatable bonds is 6. The minimum atomic E-state index is -1.09. The molecule has 1 aliphatic rings. The van der Waals surface area contributed by atoms with E-state index >= 15 is 0 Å². The first kappa shape index (κ1) is 21.0. The Labute approximate surface area is 171 Å². The zero-order valence-corrected chi connectivity index (χ0v) is 17.3. The highest BCUT2D eigenvalue weighted by molar-refractivity contribution is 6.08. The SMILES string of the molecule is CC(C)C[C@H](NC(=O)c1cccc2ccccc12)C(=O)N[C@@]1(C)C(=O)CO[C@@H]1C. The predicted octanol–water partition coefficient (Wildman–Crippen LogP) is 2.85. The number of benzene rings is 2. The zero-order valence-electron chi connectivity index (χ0n) is 17.3. The van der Waals surface area contributed by atoms with E-state index in [0.29, 0.717) is 12.0 Å². The molecule has 154 valence electrons. The predicted molar refractivity (Wildman–Crippen MR) is 112 cm³/mol. The second kappa shape index (κ2) is 8.33. The van der Waals surface area contributed by atoms with Crippen molar-refractivity contribution < 1.29 is 19.1 Å². The van der Waals surface area contributed by atoms with Gasteiger partial charge in [0.25, 0.3) is 5.91 Å². The third-order valence-corrected chi connectivity index (χ3v) is 5.60. The minimum absolute atomic E-state index is 0.0187. The molecule has 1 heterocycles. The van der Waals surface area contributed by atoms with E-state index in [1.165, 1.54) is 0 Å². The molecule has 1 fully saturated rings. The number of carbonyl (C=O) groups is 3. The van der Waals surface area contributed by atoms with Crippen molar-refractivity contribution in [1.29, 1.82) is 0 Å². The third-order valence-electron chi connectivity index (χ3n) is 5.60. The van der Waals surface area contributed by atoms with Gasteiger partial charge in [-0.3, -0.25) is 14.4 Å². The first-order valence-electron chi connectivity index (χ1n) is 9.98. The van der Waals surface area contributed by atoms with Gasteiger partial charge >= 0.3 is 0 Å². The molecule has 0 aliphatic carbocycles. The first-order valence-corrected chi connectivity index (χ1v) is 9.98. The van der Waals surface area contributed by atoms with Gasteiger partial charge in [-0.1, -0.05) is 50.2 Å². The maximum Gasteiger partial charge on any atom is 0.252 e. The van der Waals surface area contributed by atoms with Crippen molar-refractivity contribution in [2.24, 2.45) is 5.92 Å². The zero-order chi connectivity index (χ0) is 21.2. The van der Waals surface area contributed by atoms with Crippen LogP contribution in [0.4, 0.5) is 0 Å². The summed E-state index contributed by atoms with van der Waals surface area (Å²) in [4.78, 5) is 38.3. The molecule has 3 rings (SSSR count). The van der Waals surface area contributed by atoms with Crippen molar-refractivity contribution in [2.75, 3.05) is 6.61 Å². The van der Waals surface area contributed by atoms with Crippen LogP contribution in [0.25, 0.3) is 10.8 Å². The van der Waals surface area contributed by atoms with Gasteiger partial charge in [-0.2, -0.15) is 0 Å². The number of ether oxygens (including phenoxy) is 1. The number of nitrogens with one attached hydrogen (secondary N) is 2. The minimum Gasteiger partial charge on any atom is -0.368 e. The summed E-state index contributed by atoms with van der Waals surface area (Å²) in [5.74, 6) is -0.670. The van der Waals surface area contributed by atoms with E-state index in [0.717, 1.165) is 10.8 Å². The fourth-order valence-corrected chi connectivity index (χ4v) is 3.62. The summed E-state index contributed by atoms with van der Waals surface area (Å²) < 4.78 is 5.39. The first-order chi connectivity index (χ1) is 13.7. The molecular weight excluding hydrogens is 368 g/mol. The maximum absolute atomic E-state index is 13.0. The van der Waals surface area contributed by atoms with Gasteiger partial charge in [-0.15, -0.1) is 0 Å². The molecule has 6 heteroatoms. The summed E-state index contributed by atoms with van der Waals surface area (Å²) in [6, 6.07) is 12.4. The Morgan fingerprint density at radius 2 is 1.86 bits per heavy atom. The molecule has 6 nitrogen and oxygen atoms in total. The van der Waals surface area contributed by atoms with Crippen LogP contribution in [-0.4, -0.2) is 41.9 Å². The monoisotopic (exact) mass is 396 g/mol. The molecule has 2 aromatic carbocycles. The van der Waals surface area contributed by atoms with Crippen LogP contribution >= 0.6 is 0 Å². The van der Waals surface area contributed by atoms with Crippen LogP contribution in [0.5, 0.6) is 0 Å². The quantitative estimate of drug-likeness (QED) is 0.786. The molecule has 0 aromatic heterocycles. The van der Waals surface area contributed by atoms with Crippen LogP contribution < -0.4 is 10.6 Å². The number of Topliss-reactive ketones (excluding diaryl/α,β-unsaturated/α-hetero) is 1. The van der Waals surface area contributed by atoms with Gasteiger partial charge in [0.05, 0.1) is 6.10 Å². The lowest BCUT2D eigenvalue weighted by Gasteiger charge is -2.30. The summed E-state index contributed by atoms with van der Waals surface area (Å²) in [5, 5.41) is 7.49. The summed E-state index contributed by atoms with van der Waals surface area (Å²) in [6.45, 7) is 7.38. The van der Waals surface area contributed by atoms with Gasteiger partial charge in [-0.25, -0.2) is 0 Å². The lowest BCUT2D eigenvalue weighted by atomic mass is 9.92. The van der Waals surface area contributed by atoms with Gasteiger partial charge in [0.15, 0.2) is 5.78 Å². The van der Waals surface area contributed by atoms with Crippen molar-refractivity contribution in [3.8, 4) is 0 Å². The van der Waals surface area contributed by atoms with Crippen molar-refractivity contribution in [2.45, 2.75) is 51.8 Å². The van der Waals surface area contributed by atoms with Crippen molar-refractivity contribution in [3.05, 3.63) is 48.0 Å². The number of ketones is 1. The highest BCUT2D eigenvalue weighted by atomic mass is 16.5. The van der Waals surface area contributed by atoms with Crippen LogP contribution in [0, 0.1) is 5.92 Å². The van der Waals surface area contributed by atoms with E-state index in [1.54, 1.807) is 19.9 Å². The molecule has 2 amide bonds. The van der Waals surface area contributed by atoms with E-state index in [4.69, 9.17) is 4.74 Å². The van der Waals surface area contributed by atoms with E-state index in [2.05, 4.69) is 10.6 Å². The van der Waals surface area contributed by atoms with Gasteiger partial charge in [-0.05, 0) is 43.0 Å². The Morgan fingerprint density at radius 3 is 2.52 bits per heavy atom. The van der Waals surface area contributed by atoms with Crippen LogP contribution in [0.15, 0.2) is 42.5 Å². The van der Waals surface area contributed by atoms with Crippen LogP contribution in [0.1, 0.15) is 44.5 Å². The summed E-state index contributed by atoms with van der Waals surface area (Å²) >= 11 is 0. The Balaban J connectivity index is 1.82. The fourth-order valence-electron chi connectivity index (χ4n) is 3.62. The number of fused-ring (bicyclic) bond motifs is 1. The Morgan fingerprint density at radius 1 is 1.17 bits per heavy atom. The Bertz CT molecular complexity index is 934. The number of amides is 2. The summed E-state index contributed by atoms with van der Waals surface area (Å²) in [6.07, 6.45) is 0.0365. The summed E-state index contributed by atoms with van der Waals surface area (Å²) in [7, 11) is 0. The van der Waals surface area contributed by atoms with Gasteiger partial charge < -0.3 is 15.4 Å². The average Bonchev–Trinajstić information content (AvgIpc) is 2.93. The van der Waals surface area contributed by atoms with E-state index in [9.17, 15) is 14.4 Å². The second-order valence-electron chi connectivity index (χ2n) is 8.25. The summed E-state index contributed by atoms with van der Waals surface area (Å²) in [5.41, 5.74) is -0.569. The average molecular weight is 396 g/mol. The standard InChI is InChI=1S/C23H28N2O4/c1-14(2)12-19(22(28)25-23(4)15(3)29-13-20(23)26)24-21(27)18-11-7-9-16-8-5-6-10-17(16)18/h5-11,14-15,19H,12-13H2,1-4H3,(H,24,27)(H,25,28)/t15-,19+,23-/m1/s1. The van der Waals surface area contributed by atoms with Crippen LogP contribution in [-0.2, 0) is 14.3 Å². The maximum atomic E-state index is 13.0. The Kier molecular flexibility index (Phi) is 6.03. The molecule has 29 heavy (non-hydrogen) atoms. The molecule has 0 unspecified atom stereocenters. The second-order valence-corrected chi connectivity index (χ2v) is 8.25. The topological polar surface area (TPSA) is 84.5 Å². The lowest BCUT2D eigenvalue weighted by molar-refractivity contribution is -0.130. The van der Waals surface area contributed by atoms with E-state index in [-0.39, 0.29) is 30.1 Å². The molecule has 2 N–H and O–H groups in total. The highest BCUT2D eigenvalue weighted by Crippen LogP contribution is 2.23. The largest absolute Gasteiger partial charge is 0.368 e. The number of carbonyl (C=O) groups excluding carboxylic acids is 3. The van der Waals surface area contributed by atoms with Crippen molar-refractivity contribution >= 4 is 28.4 Å². The normalized spacial score (nSPS) is 22.7. The molecule has 0 bridgehead atoms. The van der Waals surface area contributed by atoms with E-state index < -0.39 is 17.7 Å². The van der Waals surface area contributed by atoms with Crippen molar-refractivity contribution in [3.63, 3.8) is 0 Å². The van der Waals surface area contributed by atoms with Gasteiger partial charge in [0.1, 0.15) is 18.2 Å². The number of hydrogen-bond acceptors (Lipinski definition) is 4. The van der Waals surface area contributed by atoms with Crippen LogP contribution in [0.2, 0.25) is 0 Å². The Hall–Kier alpha value is -2.73. The molecule has 1 aliphatic heterocycles. The molecule has 1 saturated heterocycles. The van der Waals surface area contributed by atoms with Gasteiger partial charge in [0.2, 0.25) is 5.91 Å². The van der Waals surface area contributed by atoms with Crippen molar-refractivity contribution in [1.82, 2.24) is 10.6 Å². The molecule has 0 saturated carbocycles. The highest BCUT2D eigenvalue weighted by Gasteiger charge is 2.47. The lowest BCUT2D eigenvalue weighted by Crippen LogP contribution is -2.60.